The van der Waals surface area contributed by atoms with Crippen LogP contribution >= 0.6 is 11.8 Å². The Labute approximate surface area is 155 Å². The molecule has 0 aromatic heterocycles. The van der Waals surface area contributed by atoms with Gasteiger partial charge >= 0.3 is 0 Å². The summed E-state index contributed by atoms with van der Waals surface area (Å²) in [4.78, 5) is 28.2. The van der Waals surface area contributed by atoms with Crippen molar-refractivity contribution in [2.45, 2.75) is 4.87 Å². The number of hydrogen-bond acceptors (Lipinski definition) is 5. The highest BCUT2D eigenvalue weighted by molar-refractivity contribution is 8.02. The minimum absolute atomic E-state index is 0.122. The highest BCUT2D eigenvalue weighted by atomic mass is 32.2. The minimum Gasteiger partial charge on any atom is -0.497 e. The van der Waals surface area contributed by atoms with Crippen LogP contribution in [0.4, 0.5) is 11.4 Å². The van der Waals surface area contributed by atoms with Crippen LogP contribution in [0, 0.1) is 0 Å². The van der Waals surface area contributed by atoms with Gasteiger partial charge < -0.3 is 14.4 Å². The second kappa shape index (κ2) is 5.95. The van der Waals surface area contributed by atoms with Crippen LogP contribution in [-0.2, 0) is 14.5 Å². The van der Waals surface area contributed by atoms with Crippen molar-refractivity contribution in [3.8, 4) is 11.5 Å². The maximum Gasteiger partial charge on any atom is 0.268 e. The first-order chi connectivity index (χ1) is 12.5. The summed E-state index contributed by atoms with van der Waals surface area (Å²) in [6, 6.07) is 12.8. The molecular weight excluding hydrogens is 352 g/mol. The number of likely N-dealkylation sites (N-methyl/N-ethyl adjacent to an activating group) is 1. The molecule has 2 amide bonds. The molecule has 7 heteroatoms. The van der Waals surface area contributed by atoms with Crippen molar-refractivity contribution < 1.29 is 19.1 Å². The van der Waals surface area contributed by atoms with Crippen LogP contribution in [0.5, 0.6) is 11.5 Å². The molecule has 0 unspecified atom stereocenters. The van der Waals surface area contributed by atoms with E-state index in [1.165, 1.54) is 11.8 Å². The number of thioether (sulfide) groups is 1. The molecule has 1 fully saturated rings. The van der Waals surface area contributed by atoms with Crippen molar-refractivity contribution in [3.05, 3.63) is 48.0 Å². The molecule has 2 aliphatic heterocycles. The number of hydrogen-bond donors (Lipinski definition) is 0. The Balaban J connectivity index is 1.94. The zero-order valence-electron chi connectivity index (χ0n) is 14.7. The first-order valence-electron chi connectivity index (χ1n) is 8.10. The molecule has 0 N–H and O–H groups in total. The number of carbonyl (C=O) groups excluding carboxylic acids is 2. The van der Waals surface area contributed by atoms with Crippen LogP contribution < -0.4 is 19.3 Å². The predicted octanol–water partition coefficient (Wildman–Crippen LogP) is 2.61. The van der Waals surface area contributed by atoms with E-state index in [9.17, 15) is 9.59 Å². The average molecular weight is 370 g/mol. The van der Waals surface area contributed by atoms with Gasteiger partial charge in [0, 0.05) is 30.8 Å². The SMILES string of the molecule is COc1cc(OC)cc(N2C(=O)CS[C@@]23C(=O)N(C)c2ccccc23)c1. The monoisotopic (exact) mass is 370 g/mol. The van der Waals surface area contributed by atoms with Crippen LogP contribution in [0.15, 0.2) is 42.5 Å². The Hall–Kier alpha value is -2.67. The van der Waals surface area contributed by atoms with Gasteiger partial charge in [0.25, 0.3) is 5.91 Å². The average Bonchev–Trinajstić information content (AvgIpc) is 3.13. The molecule has 0 bridgehead atoms. The van der Waals surface area contributed by atoms with Crippen LogP contribution in [0.3, 0.4) is 0 Å². The molecule has 4 rings (SSSR count). The highest BCUT2D eigenvalue weighted by Gasteiger charge is 2.60. The number of carbonyl (C=O) groups is 2. The number of fused-ring (bicyclic) bond motifs is 2. The van der Waals surface area contributed by atoms with Crippen molar-refractivity contribution in [1.29, 1.82) is 0 Å². The molecule has 0 saturated carbocycles. The van der Waals surface area contributed by atoms with Crippen molar-refractivity contribution in [2.24, 2.45) is 0 Å². The normalized spacial score (nSPS) is 21.5. The smallest absolute Gasteiger partial charge is 0.268 e. The Morgan fingerprint density at radius 1 is 1.04 bits per heavy atom. The lowest BCUT2D eigenvalue weighted by molar-refractivity contribution is -0.123. The maximum atomic E-state index is 13.3. The van der Waals surface area contributed by atoms with E-state index < -0.39 is 4.87 Å². The lowest BCUT2D eigenvalue weighted by Gasteiger charge is -2.33. The van der Waals surface area contributed by atoms with Crippen molar-refractivity contribution >= 4 is 35.0 Å². The van der Waals surface area contributed by atoms with Gasteiger partial charge in [-0.3, -0.25) is 14.5 Å². The van der Waals surface area contributed by atoms with E-state index in [1.807, 2.05) is 24.3 Å². The zero-order valence-corrected chi connectivity index (χ0v) is 15.5. The zero-order chi connectivity index (χ0) is 18.5. The van der Waals surface area contributed by atoms with Crippen molar-refractivity contribution in [2.75, 3.05) is 36.8 Å². The number of rotatable bonds is 3. The summed E-state index contributed by atoms with van der Waals surface area (Å²) in [7, 11) is 4.85. The molecule has 26 heavy (non-hydrogen) atoms. The van der Waals surface area contributed by atoms with Crippen molar-refractivity contribution in [3.63, 3.8) is 0 Å². The first kappa shape index (κ1) is 16.8. The van der Waals surface area contributed by atoms with Gasteiger partial charge in [-0.1, -0.05) is 18.2 Å². The van der Waals surface area contributed by atoms with Gasteiger partial charge in [0.1, 0.15) is 11.5 Å². The van der Waals surface area contributed by atoms with E-state index in [0.29, 0.717) is 17.2 Å². The second-order valence-corrected chi connectivity index (χ2v) is 7.28. The van der Waals surface area contributed by atoms with Gasteiger partial charge in [-0.2, -0.15) is 0 Å². The summed E-state index contributed by atoms with van der Waals surface area (Å²) >= 11 is 1.35. The number of benzene rings is 2. The van der Waals surface area contributed by atoms with Crippen LogP contribution in [-0.4, -0.2) is 38.8 Å². The summed E-state index contributed by atoms with van der Waals surface area (Å²) in [5.74, 6) is 1.10. The van der Waals surface area contributed by atoms with E-state index in [-0.39, 0.29) is 17.6 Å². The molecule has 2 aromatic carbocycles. The summed E-state index contributed by atoms with van der Waals surface area (Å²) in [6.07, 6.45) is 0. The molecule has 6 nitrogen and oxygen atoms in total. The molecule has 1 saturated heterocycles. The Bertz CT molecular complexity index is 894. The number of amides is 2. The molecule has 0 radical (unpaired) electrons. The lowest BCUT2D eigenvalue weighted by atomic mass is 10.0. The Morgan fingerprint density at radius 3 is 2.35 bits per heavy atom. The fourth-order valence-electron chi connectivity index (χ4n) is 3.58. The number of methoxy groups -OCH3 is 2. The van der Waals surface area contributed by atoms with Gasteiger partial charge in [0.2, 0.25) is 10.8 Å². The van der Waals surface area contributed by atoms with Gasteiger partial charge in [-0.25, -0.2) is 0 Å². The molecule has 2 heterocycles. The highest BCUT2D eigenvalue weighted by Crippen LogP contribution is 2.55. The predicted molar refractivity (Wildman–Crippen MR) is 101 cm³/mol. The molecule has 1 atom stereocenters. The summed E-state index contributed by atoms with van der Waals surface area (Å²) in [6.45, 7) is 0. The molecule has 2 aliphatic rings. The van der Waals surface area contributed by atoms with Crippen LogP contribution in [0.25, 0.3) is 0 Å². The number of nitrogens with zero attached hydrogens (tertiary/aromatic N) is 2. The molecule has 0 aliphatic carbocycles. The Kier molecular flexibility index (Phi) is 3.84. The minimum atomic E-state index is -1.10. The number of ether oxygens (including phenoxy) is 2. The van der Waals surface area contributed by atoms with Gasteiger partial charge in [-0.05, 0) is 6.07 Å². The van der Waals surface area contributed by atoms with E-state index in [4.69, 9.17) is 9.47 Å². The summed E-state index contributed by atoms with van der Waals surface area (Å²) in [5, 5.41) is 0. The molecule has 2 aromatic rings. The largest absolute Gasteiger partial charge is 0.497 e. The lowest BCUT2D eigenvalue weighted by Crippen LogP contribution is -2.49. The third-order valence-corrected chi connectivity index (χ3v) is 6.17. The van der Waals surface area contributed by atoms with E-state index in [2.05, 4.69) is 0 Å². The summed E-state index contributed by atoms with van der Waals surface area (Å²) < 4.78 is 10.7. The third-order valence-electron chi connectivity index (χ3n) is 4.79. The molecule has 134 valence electrons. The first-order valence-corrected chi connectivity index (χ1v) is 9.09. The van der Waals surface area contributed by atoms with Crippen molar-refractivity contribution in [1.82, 2.24) is 0 Å². The van der Waals surface area contributed by atoms with Gasteiger partial charge in [-0.15, -0.1) is 11.8 Å². The molecular formula is C19H18N2O4S. The quantitative estimate of drug-likeness (QED) is 0.831. The fraction of sp³-hybridized carbons (Fsp3) is 0.263. The maximum absolute atomic E-state index is 13.3. The van der Waals surface area contributed by atoms with Crippen LogP contribution in [0.1, 0.15) is 5.56 Å². The van der Waals surface area contributed by atoms with Crippen LogP contribution in [0.2, 0.25) is 0 Å². The van der Waals surface area contributed by atoms with E-state index in [0.717, 1.165) is 11.3 Å². The van der Waals surface area contributed by atoms with Gasteiger partial charge in [0.05, 0.1) is 31.3 Å². The summed E-state index contributed by atoms with van der Waals surface area (Å²) in [5.41, 5.74) is 2.22. The second-order valence-electron chi connectivity index (χ2n) is 6.11. The third kappa shape index (κ3) is 2.13. The topological polar surface area (TPSA) is 59.1 Å². The van der Waals surface area contributed by atoms with Gasteiger partial charge in [0.15, 0.2) is 0 Å². The fourth-order valence-corrected chi connectivity index (χ4v) is 4.96. The van der Waals surface area contributed by atoms with E-state index >= 15 is 0 Å². The number of anilines is 2. The molecule has 1 spiro atoms. The Morgan fingerprint density at radius 2 is 1.69 bits per heavy atom. The number of para-hydroxylation sites is 1. The van der Waals surface area contributed by atoms with E-state index in [1.54, 1.807) is 49.3 Å². The standard InChI is InChI=1S/C19H18N2O4S/c1-20-16-7-5-4-6-15(16)19(18(20)23)21(17(22)11-26-19)12-8-13(24-2)10-14(9-12)25-3/h4-10H,11H2,1-3H3/t19-/m0/s1.